The van der Waals surface area contributed by atoms with E-state index in [1.807, 2.05) is 13.8 Å². The number of nitrogens with zero attached hydrogens (tertiary/aromatic N) is 2. The van der Waals surface area contributed by atoms with Crippen LogP contribution in [0.15, 0.2) is 16.9 Å². The van der Waals surface area contributed by atoms with E-state index in [9.17, 15) is 14.7 Å². The predicted molar refractivity (Wildman–Crippen MR) is 161 cm³/mol. The summed E-state index contributed by atoms with van der Waals surface area (Å²) in [6.07, 6.45) is 1.57. The number of ether oxygens (including phenoxy) is 2. The minimum atomic E-state index is -1.90. The van der Waals surface area contributed by atoms with Crippen LogP contribution >= 0.6 is 22.6 Å². The zero-order chi connectivity index (χ0) is 29.4. The van der Waals surface area contributed by atoms with Crippen LogP contribution in [0.1, 0.15) is 80.0 Å². The summed E-state index contributed by atoms with van der Waals surface area (Å²) in [5.41, 5.74) is 3.46. The minimum absolute atomic E-state index is 0.0277. The van der Waals surface area contributed by atoms with Crippen LogP contribution in [0, 0.1) is 18.2 Å². The number of esters is 1. The van der Waals surface area contributed by atoms with Gasteiger partial charge < -0.3 is 24.5 Å². The van der Waals surface area contributed by atoms with Crippen LogP contribution in [0.4, 0.5) is 4.39 Å². The van der Waals surface area contributed by atoms with Crippen LogP contribution in [0.5, 0.6) is 0 Å². The molecule has 218 valence electrons. The van der Waals surface area contributed by atoms with Gasteiger partial charge in [0.15, 0.2) is 5.60 Å². The molecule has 3 aromatic rings. The molecule has 0 spiro atoms. The smallest absolute Gasteiger partial charge is 0.343 e. The van der Waals surface area contributed by atoms with Crippen molar-refractivity contribution in [1.82, 2.24) is 14.9 Å². The number of aromatic nitrogens is 2. The first-order valence-corrected chi connectivity index (χ1v) is 15.4. The molecule has 0 bridgehead atoms. The zero-order valence-corrected chi connectivity index (χ0v) is 26.1. The summed E-state index contributed by atoms with van der Waals surface area (Å²) < 4.78 is 28.0. The highest BCUT2D eigenvalue weighted by Gasteiger charge is 2.46. The van der Waals surface area contributed by atoms with Crippen molar-refractivity contribution in [3.05, 3.63) is 61.7 Å². The number of aryl methyl sites for hydroxylation is 1. The molecule has 3 atom stereocenters. The van der Waals surface area contributed by atoms with Crippen molar-refractivity contribution in [3.63, 3.8) is 0 Å². The van der Waals surface area contributed by atoms with Gasteiger partial charge >= 0.3 is 5.97 Å². The maximum atomic E-state index is 15.1. The summed E-state index contributed by atoms with van der Waals surface area (Å²) in [4.78, 5) is 31.3. The van der Waals surface area contributed by atoms with Gasteiger partial charge in [-0.15, -0.1) is 0 Å². The van der Waals surface area contributed by atoms with Gasteiger partial charge in [0, 0.05) is 40.6 Å². The van der Waals surface area contributed by atoms with Gasteiger partial charge in [-0.25, -0.2) is 14.2 Å². The molecular formula is C31H35FIN3O5. The van der Waals surface area contributed by atoms with Crippen LogP contribution in [0.3, 0.4) is 0 Å². The van der Waals surface area contributed by atoms with Crippen molar-refractivity contribution in [1.29, 1.82) is 0 Å². The van der Waals surface area contributed by atoms with Gasteiger partial charge in [-0.3, -0.25) is 4.79 Å². The molecule has 0 fully saturated rings. The molecule has 0 saturated carbocycles. The Balaban J connectivity index is 1.52. The number of halogens is 2. The lowest BCUT2D eigenvalue weighted by atomic mass is 9.81. The Kier molecular flexibility index (Phi) is 7.07. The SMILES string of the molecule is CC[C@@]1(O)C(=O)OCc2c1cc1n(c2=O)Cc2c-1nc1cc(F)c(C)c3c1c2[C@@H](NCC(C)(C)COC(C)I)CC3. The summed E-state index contributed by atoms with van der Waals surface area (Å²) in [5, 5.41) is 16.0. The molecule has 2 aromatic heterocycles. The molecule has 2 N–H and O–H groups in total. The van der Waals surface area contributed by atoms with Gasteiger partial charge in [0.1, 0.15) is 16.5 Å². The number of fused-ring (bicyclic) bond motifs is 5. The lowest BCUT2D eigenvalue weighted by Gasteiger charge is -2.33. The quantitative estimate of drug-likeness (QED) is 0.163. The Hall–Kier alpha value is -2.41. The molecular weight excluding hydrogens is 640 g/mol. The fourth-order valence-corrected chi connectivity index (χ4v) is 6.73. The van der Waals surface area contributed by atoms with Crippen LogP contribution in [-0.4, -0.2) is 37.9 Å². The maximum Gasteiger partial charge on any atom is 0.343 e. The minimum Gasteiger partial charge on any atom is -0.458 e. The largest absolute Gasteiger partial charge is 0.458 e. The summed E-state index contributed by atoms with van der Waals surface area (Å²) in [6.45, 7) is 11.3. The molecule has 1 aliphatic carbocycles. The van der Waals surface area contributed by atoms with E-state index in [1.54, 1.807) is 17.6 Å². The van der Waals surface area contributed by atoms with Crippen LogP contribution < -0.4 is 10.9 Å². The lowest BCUT2D eigenvalue weighted by molar-refractivity contribution is -0.172. The maximum absolute atomic E-state index is 15.1. The Labute approximate surface area is 251 Å². The average Bonchev–Trinajstić information content (AvgIpc) is 3.30. The standard InChI is InChI=1S/C31H35FIN3O5/c1-6-31(39)20-9-24-27-18(11-36(24)28(37)19(20)12-40-29(31)38)26-22(34-13-30(4,5)14-41-16(3)33)8-7-17-15(2)21(32)10-23(35-27)25(17)26/h9-10,16,22,34,39H,6-8,11-14H2,1-5H3/t16?,22-,31-/m0/s1. The van der Waals surface area contributed by atoms with Gasteiger partial charge in [0.05, 0.1) is 35.6 Å². The third-order valence-corrected chi connectivity index (χ3v) is 9.27. The molecule has 0 radical (unpaired) electrons. The summed E-state index contributed by atoms with van der Waals surface area (Å²) in [5.74, 6) is -1.06. The molecule has 4 heterocycles. The van der Waals surface area contributed by atoms with E-state index in [2.05, 4.69) is 41.8 Å². The zero-order valence-electron chi connectivity index (χ0n) is 24.0. The number of hydrogen-bond acceptors (Lipinski definition) is 7. The fraction of sp³-hybridized carbons (Fsp3) is 0.516. The Morgan fingerprint density at radius 1 is 1.32 bits per heavy atom. The first kappa shape index (κ1) is 28.7. The second-order valence-corrected chi connectivity index (χ2v) is 14.1. The number of rotatable bonds is 7. The van der Waals surface area contributed by atoms with Gasteiger partial charge in [-0.1, -0.05) is 43.4 Å². The fourth-order valence-electron chi connectivity index (χ4n) is 6.55. The number of benzene rings is 1. The van der Waals surface area contributed by atoms with Crippen LogP contribution in [-0.2, 0) is 39.4 Å². The number of carbonyl (C=O) groups is 1. The van der Waals surface area contributed by atoms with Gasteiger partial charge in [-0.2, -0.15) is 0 Å². The van der Waals surface area contributed by atoms with Crippen molar-refractivity contribution < 1.29 is 23.8 Å². The molecule has 1 unspecified atom stereocenters. The van der Waals surface area contributed by atoms with Gasteiger partial charge in [-0.05, 0) is 55.9 Å². The van der Waals surface area contributed by atoms with E-state index in [0.717, 1.165) is 34.9 Å². The molecule has 1 aromatic carbocycles. The Morgan fingerprint density at radius 3 is 2.78 bits per heavy atom. The van der Waals surface area contributed by atoms with Crippen molar-refractivity contribution >= 4 is 39.5 Å². The van der Waals surface area contributed by atoms with Crippen molar-refractivity contribution in [2.24, 2.45) is 5.41 Å². The monoisotopic (exact) mass is 675 g/mol. The van der Waals surface area contributed by atoms with E-state index in [0.29, 0.717) is 42.2 Å². The third-order valence-electron chi connectivity index (χ3n) is 8.91. The lowest BCUT2D eigenvalue weighted by Crippen LogP contribution is -2.44. The van der Waals surface area contributed by atoms with Gasteiger partial charge in [0.25, 0.3) is 5.56 Å². The highest BCUT2D eigenvalue weighted by Crippen LogP contribution is 2.46. The number of carbonyl (C=O) groups excluding carboxylic acids is 1. The molecule has 10 heteroatoms. The number of alkyl halides is 1. The molecule has 2 aliphatic heterocycles. The number of hydrogen-bond donors (Lipinski definition) is 2. The molecule has 41 heavy (non-hydrogen) atoms. The second kappa shape index (κ2) is 10.1. The van der Waals surface area contributed by atoms with Crippen LogP contribution in [0.25, 0.3) is 22.3 Å². The topological polar surface area (TPSA) is 103 Å². The van der Waals surface area contributed by atoms with Gasteiger partial charge in [0.2, 0.25) is 0 Å². The predicted octanol–water partition coefficient (Wildman–Crippen LogP) is 4.93. The summed E-state index contributed by atoms with van der Waals surface area (Å²) in [7, 11) is 0. The van der Waals surface area contributed by atoms with Crippen LogP contribution in [0.2, 0.25) is 0 Å². The molecule has 8 nitrogen and oxygen atoms in total. The number of nitrogens with one attached hydrogen (secondary N) is 1. The van der Waals surface area contributed by atoms with E-state index in [-0.39, 0.29) is 51.1 Å². The normalized spacial score (nSPS) is 21.9. The van der Waals surface area contributed by atoms with E-state index in [4.69, 9.17) is 14.5 Å². The first-order chi connectivity index (χ1) is 19.4. The first-order valence-electron chi connectivity index (χ1n) is 14.2. The highest BCUT2D eigenvalue weighted by molar-refractivity contribution is 14.1. The number of pyridine rings is 2. The Bertz CT molecular complexity index is 1670. The number of aliphatic hydroxyl groups is 1. The molecule has 3 aliphatic rings. The van der Waals surface area contributed by atoms with Crippen molar-refractivity contribution in [2.45, 2.75) is 82.8 Å². The van der Waals surface area contributed by atoms with Crippen molar-refractivity contribution in [3.8, 4) is 11.4 Å². The molecule has 0 amide bonds. The molecule has 6 rings (SSSR count). The third kappa shape index (κ3) is 4.52. The summed E-state index contributed by atoms with van der Waals surface area (Å²) in [6, 6.07) is 3.17. The van der Waals surface area contributed by atoms with E-state index >= 15 is 4.39 Å². The summed E-state index contributed by atoms with van der Waals surface area (Å²) >= 11 is 2.26. The highest BCUT2D eigenvalue weighted by atomic mass is 127. The van der Waals surface area contributed by atoms with Crippen molar-refractivity contribution in [2.75, 3.05) is 13.2 Å². The van der Waals surface area contributed by atoms with E-state index < -0.39 is 11.6 Å². The van der Waals surface area contributed by atoms with E-state index in [1.165, 1.54) is 6.07 Å². The average molecular weight is 676 g/mol. The second-order valence-electron chi connectivity index (χ2n) is 12.3. The molecule has 0 saturated heterocycles. The Morgan fingerprint density at radius 2 is 2.07 bits per heavy atom. The number of cyclic esters (lactones) is 1.